The van der Waals surface area contributed by atoms with E-state index in [0.29, 0.717) is 6.61 Å². The molecule has 0 aromatic heterocycles. The molecule has 0 aliphatic heterocycles. The summed E-state index contributed by atoms with van der Waals surface area (Å²) >= 11 is 0. The van der Waals surface area contributed by atoms with E-state index in [1.165, 1.54) is 0 Å². The molecule has 0 atom stereocenters. The lowest BCUT2D eigenvalue weighted by molar-refractivity contribution is -0.137. The molecule has 0 amide bonds. The van der Waals surface area contributed by atoms with Crippen LogP contribution in [-0.2, 0) is 4.74 Å². The third kappa shape index (κ3) is 15.7. The van der Waals surface area contributed by atoms with Crippen LogP contribution in [0, 0.1) is 0 Å². The molecule has 0 saturated carbocycles. The van der Waals surface area contributed by atoms with Crippen molar-refractivity contribution in [3.8, 4) is 0 Å². The third-order valence-electron chi connectivity index (χ3n) is 2.12. The van der Waals surface area contributed by atoms with Crippen molar-refractivity contribution >= 4 is 0 Å². The first-order valence-electron chi connectivity index (χ1n) is 6.10. The van der Waals surface area contributed by atoms with E-state index >= 15 is 0 Å². The Morgan fingerprint density at radius 1 is 0.941 bits per heavy atom. The van der Waals surface area contributed by atoms with Gasteiger partial charge in [0.15, 0.2) is 0 Å². The average molecular weight is 255 g/mol. The number of alkyl halides is 3. The first-order valence-corrected chi connectivity index (χ1v) is 6.10. The van der Waals surface area contributed by atoms with Gasteiger partial charge in [0, 0.05) is 25.2 Å². The highest BCUT2D eigenvalue weighted by molar-refractivity contribution is 4.69. The Balaban J connectivity index is 3.15. The van der Waals surface area contributed by atoms with Crippen LogP contribution < -0.4 is 5.32 Å². The van der Waals surface area contributed by atoms with Crippen molar-refractivity contribution < 1.29 is 17.9 Å². The van der Waals surface area contributed by atoms with E-state index in [0.717, 1.165) is 19.4 Å². The molecule has 5 heteroatoms. The normalized spacial score (nSPS) is 13.1. The molecule has 0 aromatic rings. The molecule has 0 radical (unpaired) electrons. The maximum atomic E-state index is 11.8. The van der Waals surface area contributed by atoms with Crippen molar-refractivity contribution in [2.24, 2.45) is 0 Å². The predicted molar refractivity (Wildman–Crippen MR) is 63.1 cm³/mol. The average Bonchev–Trinajstić information content (AvgIpc) is 2.11. The Morgan fingerprint density at radius 3 is 2.06 bits per heavy atom. The second-order valence-electron chi connectivity index (χ2n) is 5.21. The standard InChI is InChI=1S/C12H24F3NO/c1-11(2,3)16-8-4-5-9-17-10-6-7-12(13,14)15/h16H,4-10H2,1-3H3. The van der Waals surface area contributed by atoms with Gasteiger partial charge in [-0.05, 0) is 46.6 Å². The highest BCUT2D eigenvalue weighted by Gasteiger charge is 2.25. The molecule has 17 heavy (non-hydrogen) atoms. The van der Waals surface area contributed by atoms with Crippen LogP contribution in [0.2, 0.25) is 0 Å². The third-order valence-corrected chi connectivity index (χ3v) is 2.12. The quantitative estimate of drug-likeness (QED) is 0.670. The molecular formula is C12H24F3NO. The number of nitrogens with one attached hydrogen (secondary N) is 1. The van der Waals surface area contributed by atoms with E-state index in [1.807, 2.05) is 0 Å². The lowest BCUT2D eigenvalue weighted by Crippen LogP contribution is -2.36. The van der Waals surface area contributed by atoms with Gasteiger partial charge in [-0.15, -0.1) is 0 Å². The number of ether oxygens (including phenoxy) is 1. The van der Waals surface area contributed by atoms with E-state index < -0.39 is 12.6 Å². The van der Waals surface area contributed by atoms with E-state index in [-0.39, 0.29) is 18.6 Å². The van der Waals surface area contributed by atoms with Gasteiger partial charge in [-0.2, -0.15) is 13.2 Å². The minimum absolute atomic E-state index is 0.0593. The van der Waals surface area contributed by atoms with Crippen LogP contribution in [0.4, 0.5) is 13.2 Å². The Morgan fingerprint density at radius 2 is 1.53 bits per heavy atom. The van der Waals surface area contributed by atoms with Gasteiger partial charge in [-0.25, -0.2) is 0 Å². The fourth-order valence-corrected chi connectivity index (χ4v) is 1.27. The SMILES string of the molecule is CC(C)(C)NCCCCOCCCC(F)(F)F. The second-order valence-corrected chi connectivity index (χ2v) is 5.21. The highest BCUT2D eigenvalue weighted by atomic mass is 19.4. The molecule has 104 valence electrons. The molecule has 0 aliphatic rings. The zero-order chi connectivity index (χ0) is 13.4. The van der Waals surface area contributed by atoms with Crippen LogP contribution in [-0.4, -0.2) is 31.5 Å². The van der Waals surface area contributed by atoms with Crippen LogP contribution >= 0.6 is 0 Å². The maximum absolute atomic E-state index is 11.8. The Kier molecular flexibility index (Phi) is 7.79. The lowest BCUT2D eigenvalue weighted by Gasteiger charge is -2.20. The number of rotatable bonds is 8. The first-order chi connectivity index (χ1) is 7.71. The molecule has 0 spiro atoms. The van der Waals surface area contributed by atoms with Gasteiger partial charge >= 0.3 is 6.18 Å². The summed E-state index contributed by atoms with van der Waals surface area (Å²) in [5.41, 5.74) is 0.119. The van der Waals surface area contributed by atoms with Gasteiger partial charge in [0.25, 0.3) is 0 Å². The molecule has 1 N–H and O–H groups in total. The number of unbranched alkanes of at least 4 members (excludes halogenated alkanes) is 1. The van der Waals surface area contributed by atoms with E-state index in [9.17, 15) is 13.2 Å². The van der Waals surface area contributed by atoms with Gasteiger partial charge in [0.2, 0.25) is 0 Å². The van der Waals surface area contributed by atoms with Crippen molar-refractivity contribution in [3.63, 3.8) is 0 Å². The van der Waals surface area contributed by atoms with Crippen molar-refractivity contribution in [3.05, 3.63) is 0 Å². The Hall–Kier alpha value is -0.290. The molecule has 0 saturated heterocycles. The summed E-state index contributed by atoms with van der Waals surface area (Å²) in [7, 11) is 0. The van der Waals surface area contributed by atoms with Crippen LogP contribution in [0.15, 0.2) is 0 Å². The minimum atomic E-state index is -4.06. The van der Waals surface area contributed by atoms with Crippen molar-refractivity contribution in [1.82, 2.24) is 5.32 Å². The zero-order valence-corrected chi connectivity index (χ0v) is 11.0. The molecule has 0 rings (SSSR count). The summed E-state index contributed by atoms with van der Waals surface area (Å²) in [6.07, 6.45) is -2.88. The fraction of sp³-hybridized carbons (Fsp3) is 1.00. The summed E-state index contributed by atoms with van der Waals surface area (Å²) < 4.78 is 40.5. The molecule has 0 aromatic carbocycles. The van der Waals surface area contributed by atoms with E-state index in [4.69, 9.17) is 4.74 Å². The van der Waals surface area contributed by atoms with E-state index in [1.54, 1.807) is 0 Å². The van der Waals surface area contributed by atoms with Crippen molar-refractivity contribution in [2.75, 3.05) is 19.8 Å². The summed E-state index contributed by atoms with van der Waals surface area (Å²) in [6.45, 7) is 7.95. The largest absolute Gasteiger partial charge is 0.389 e. The van der Waals surface area contributed by atoms with Crippen LogP contribution in [0.5, 0.6) is 0 Å². The van der Waals surface area contributed by atoms with Crippen LogP contribution in [0.1, 0.15) is 46.5 Å². The van der Waals surface area contributed by atoms with Gasteiger partial charge < -0.3 is 10.1 Å². The molecule has 2 nitrogen and oxygen atoms in total. The molecule has 0 bridgehead atoms. The van der Waals surface area contributed by atoms with Gasteiger partial charge in [-0.1, -0.05) is 0 Å². The van der Waals surface area contributed by atoms with Crippen molar-refractivity contribution in [2.45, 2.75) is 58.2 Å². The number of halogens is 3. The minimum Gasteiger partial charge on any atom is -0.381 e. The molecule has 0 aliphatic carbocycles. The van der Waals surface area contributed by atoms with Crippen LogP contribution in [0.25, 0.3) is 0 Å². The van der Waals surface area contributed by atoms with Crippen molar-refractivity contribution in [1.29, 1.82) is 0 Å². The van der Waals surface area contributed by atoms with Gasteiger partial charge in [0.05, 0.1) is 0 Å². The highest BCUT2D eigenvalue weighted by Crippen LogP contribution is 2.20. The lowest BCUT2D eigenvalue weighted by atomic mass is 10.1. The molecule has 0 unspecified atom stereocenters. The van der Waals surface area contributed by atoms with Gasteiger partial charge in [-0.3, -0.25) is 0 Å². The monoisotopic (exact) mass is 255 g/mol. The Bertz CT molecular complexity index is 167. The summed E-state index contributed by atoms with van der Waals surface area (Å²) in [6, 6.07) is 0. The topological polar surface area (TPSA) is 21.3 Å². The smallest absolute Gasteiger partial charge is 0.381 e. The first kappa shape index (κ1) is 16.7. The molecule has 0 fully saturated rings. The Labute approximate surface area is 102 Å². The maximum Gasteiger partial charge on any atom is 0.389 e. The van der Waals surface area contributed by atoms with E-state index in [2.05, 4.69) is 26.1 Å². The predicted octanol–water partition coefficient (Wildman–Crippen LogP) is 3.51. The van der Waals surface area contributed by atoms with Gasteiger partial charge in [0.1, 0.15) is 0 Å². The molecule has 0 heterocycles. The summed E-state index contributed by atoms with van der Waals surface area (Å²) in [5.74, 6) is 0. The summed E-state index contributed by atoms with van der Waals surface area (Å²) in [4.78, 5) is 0. The number of hydrogen-bond donors (Lipinski definition) is 1. The summed E-state index contributed by atoms with van der Waals surface area (Å²) in [5, 5.41) is 3.34. The second kappa shape index (κ2) is 7.93. The fourth-order valence-electron chi connectivity index (χ4n) is 1.27. The molecular weight excluding hydrogens is 231 g/mol. The number of hydrogen-bond acceptors (Lipinski definition) is 2. The zero-order valence-electron chi connectivity index (χ0n) is 11.0. The van der Waals surface area contributed by atoms with Crippen LogP contribution in [0.3, 0.4) is 0 Å².